The molecule has 0 aliphatic carbocycles. The second-order valence-corrected chi connectivity index (χ2v) is 21.4. The number of benzene rings is 3. The Bertz CT molecular complexity index is 2150. The van der Waals surface area contributed by atoms with Gasteiger partial charge in [-0.3, -0.25) is 4.90 Å². The predicted molar refractivity (Wildman–Crippen MR) is 209 cm³/mol. The number of halogens is 1. The number of aromatic nitrogens is 2. The molecule has 8 nitrogen and oxygen atoms in total. The Balaban J connectivity index is 1.22. The maximum absolute atomic E-state index is 14.6. The molecule has 3 aromatic carbocycles. The van der Waals surface area contributed by atoms with Crippen LogP contribution < -0.4 is 0 Å². The van der Waals surface area contributed by atoms with Gasteiger partial charge in [-0.05, 0) is 128 Å². The Morgan fingerprint density at radius 3 is 1.94 bits per heavy atom. The summed E-state index contributed by atoms with van der Waals surface area (Å²) in [4.78, 5) is 8.00. The van der Waals surface area contributed by atoms with E-state index in [9.17, 15) is 16.8 Å². The van der Waals surface area contributed by atoms with Crippen molar-refractivity contribution < 1.29 is 16.8 Å². The van der Waals surface area contributed by atoms with Crippen molar-refractivity contribution in [1.29, 1.82) is 0 Å². The zero-order valence-electron chi connectivity index (χ0n) is 31.3. The van der Waals surface area contributed by atoms with E-state index in [-0.39, 0.29) is 27.7 Å². The average molecular weight is 765 g/mol. The van der Waals surface area contributed by atoms with Crippen LogP contribution in [-0.2, 0) is 37.3 Å². The molecule has 0 saturated carbocycles. The lowest BCUT2D eigenvalue weighted by atomic mass is 9.70. The van der Waals surface area contributed by atoms with Crippen LogP contribution in [0.15, 0.2) is 76.5 Å². The summed E-state index contributed by atoms with van der Waals surface area (Å²) >= 11 is 6.36. The maximum Gasteiger partial charge on any atom is 0.269 e. The summed E-state index contributed by atoms with van der Waals surface area (Å²) in [5, 5.41) is 0.484. The molecule has 4 aromatic rings. The fourth-order valence-electron chi connectivity index (χ4n) is 9.06. The van der Waals surface area contributed by atoms with Crippen molar-refractivity contribution in [2.45, 2.75) is 119 Å². The quantitative estimate of drug-likeness (QED) is 0.179. The Kier molecular flexibility index (Phi) is 9.98. The monoisotopic (exact) mass is 764 g/mol. The predicted octanol–water partition coefficient (Wildman–Crippen LogP) is 8.41. The van der Waals surface area contributed by atoms with Crippen LogP contribution in [0.4, 0.5) is 0 Å². The molecular formula is C41H53ClN4O4S2. The Hall–Kier alpha value is -2.76. The maximum atomic E-state index is 14.6. The summed E-state index contributed by atoms with van der Waals surface area (Å²) in [6, 6.07) is 19.9. The summed E-state index contributed by atoms with van der Waals surface area (Å²) in [6.07, 6.45) is 5.77. The van der Waals surface area contributed by atoms with E-state index in [1.54, 1.807) is 42.5 Å². The molecular weight excluding hydrogens is 712 g/mol. The summed E-state index contributed by atoms with van der Waals surface area (Å²) in [6.45, 7) is 15.4. The molecule has 3 aliphatic rings. The number of hydrogen-bond acceptors (Lipinski definition) is 6. The number of imidazole rings is 1. The van der Waals surface area contributed by atoms with Crippen LogP contribution in [0.5, 0.6) is 0 Å². The van der Waals surface area contributed by atoms with Gasteiger partial charge in [0.05, 0.1) is 20.8 Å². The van der Waals surface area contributed by atoms with Crippen molar-refractivity contribution in [1.82, 2.24) is 18.2 Å². The second-order valence-electron chi connectivity index (χ2n) is 17.2. The smallest absolute Gasteiger partial charge is 0.269 e. The van der Waals surface area contributed by atoms with E-state index in [0.717, 1.165) is 49.9 Å². The largest absolute Gasteiger partial charge is 0.300 e. The van der Waals surface area contributed by atoms with Gasteiger partial charge in [0.25, 0.3) is 10.0 Å². The highest BCUT2D eigenvalue weighted by Gasteiger charge is 2.51. The first-order chi connectivity index (χ1) is 24.5. The van der Waals surface area contributed by atoms with Gasteiger partial charge in [-0.2, -0.15) is 4.31 Å². The van der Waals surface area contributed by atoms with Crippen molar-refractivity contribution in [2.24, 2.45) is 11.8 Å². The van der Waals surface area contributed by atoms with E-state index in [1.165, 1.54) is 3.97 Å². The van der Waals surface area contributed by atoms with Gasteiger partial charge in [-0.25, -0.2) is 25.8 Å². The average Bonchev–Trinajstić information content (AvgIpc) is 3.46. The van der Waals surface area contributed by atoms with Gasteiger partial charge < -0.3 is 0 Å². The van der Waals surface area contributed by atoms with Gasteiger partial charge in [0.1, 0.15) is 5.82 Å². The Morgan fingerprint density at radius 1 is 0.769 bits per heavy atom. The first-order valence-corrected chi connectivity index (χ1v) is 22.1. The van der Waals surface area contributed by atoms with E-state index in [2.05, 4.69) is 46.4 Å². The normalized spacial score (nSPS) is 23.5. The van der Waals surface area contributed by atoms with Crippen molar-refractivity contribution in [2.75, 3.05) is 19.6 Å². The standard InChI is InChI=1S/C41H53ClN4O4S2/c1-40(2,3)29-14-19-32(20-15-29)51(47,48)45-27-28-10-8-24-44-25-9-11-34(39(28)44)36(45)12-7-13-38-43-35-26-31(42)18-23-37(35)46(38)52(49,50)33-21-16-30(17-22-33)41(4,5)6/h14-23,26,28,34,36,39H,7-13,24-25,27H2,1-6H3/t28-,34+,36+,39-/m0/s1. The molecule has 11 heteroatoms. The molecule has 280 valence electrons. The lowest BCUT2D eigenvalue weighted by molar-refractivity contribution is -0.0523. The van der Waals surface area contributed by atoms with Crippen LogP contribution in [0.1, 0.15) is 97.0 Å². The van der Waals surface area contributed by atoms with E-state index in [4.69, 9.17) is 16.6 Å². The third kappa shape index (κ3) is 6.99. The highest BCUT2D eigenvalue weighted by molar-refractivity contribution is 7.90. The van der Waals surface area contributed by atoms with Crippen molar-refractivity contribution in [3.05, 3.63) is 88.7 Å². The van der Waals surface area contributed by atoms with Crippen LogP contribution in [0.2, 0.25) is 5.02 Å². The number of aryl methyl sites for hydroxylation is 1. The van der Waals surface area contributed by atoms with Gasteiger partial charge in [-0.1, -0.05) is 77.4 Å². The number of sulfonamides is 1. The van der Waals surface area contributed by atoms with Crippen LogP contribution >= 0.6 is 11.6 Å². The topological polar surface area (TPSA) is 92.6 Å². The zero-order valence-corrected chi connectivity index (χ0v) is 33.7. The van der Waals surface area contributed by atoms with Crippen molar-refractivity contribution in [3.63, 3.8) is 0 Å². The fourth-order valence-corrected chi connectivity index (χ4v) is 12.5. The van der Waals surface area contributed by atoms with Gasteiger partial charge in [0.2, 0.25) is 10.0 Å². The minimum Gasteiger partial charge on any atom is -0.300 e. The molecule has 0 unspecified atom stereocenters. The molecule has 0 N–H and O–H groups in total. The van der Waals surface area contributed by atoms with Crippen LogP contribution in [0.25, 0.3) is 11.0 Å². The summed E-state index contributed by atoms with van der Waals surface area (Å²) < 4.78 is 61.1. The lowest BCUT2D eigenvalue weighted by Crippen LogP contribution is -2.65. The molecule has 0 bridgehead atoms. The van der Waals surface area contributed by atoms with Gasteiger partial charge >= 0.3 is 0 Å². The molecule has 4 atom stereocenters. The summed E-state index contributed by atoms with van der Waals surface area (Å²) in [5.74, 6) is 0.961. The Morgan fingerprint density at radius 2 is 1.35 bits per heavy atom. The van der Waals surface area contributed by atoms with Crippen molar-refractivity contribution in [3.8, 4) is 0 Å². The van der Waals surface area contributed by atoms with Crippen molar-refractivity contribution >= 4 is 42.7 Å². The number of piperidine rings is 3. The van der Waals surface area contributed by atoms with Gasteiger partial charge in [0.15, 0.2) is 0 Å². The molecule has 0 amide bonds. The molecule has 3 aliphatic heterocycles. The minimum atomic E-state index is -4.00. The van der Waals surface area contributed by atoms with Crippen LogP contribution in [0.3, 0.4) is 0 Å². The number of hydrogen-bond donors (Lipinski definition) is 0. The molecule has 52 heavy (non-hydrogen) atoms. The highest BCUT2D eigenvalue weighted by Crippen LogP contribution is 2.45. The third-order valence-corrected chi connectivity index (χ3v) is 15.6. The number of fused-ring (bicyclic) bond motifs is 1. The summed E-state index contributed by atoms with van der Waals surface area (Å²) in [7, 11) is -7.78. The molecule has 0 radical (unpaired) electrons. The molecule has 7 rings (SSSR count). The molecule has 4 heterocycles. The highest BCUT2D eigenvalue weighted by atomic mass is 35.5. The molecule has 3 saturated heterocycles. The van der Waals surface area contributed by atoms with Crippen LogP contribution in [0, 0.1) is 11.8 Å². The van der Waals surface area contributed by atoms with E-state index in [0.29, 0.717) is 64.5 Å². The lowest BCUT2D eigenvalue weighted by Gasteiger charge is -2.57. The first kappa shape index (κ1) is 37.6. The summed E-state index contributed by atoms with van der Waals surface area (Å²) in [5.41, 5.74) is 2.95. The molecule has 0 spiro atoms. The van der Waals surface area contributed by atoms with Gasteiger partial charge in [0, 0.05) is 30.1 Å². The molecule has 1 aromatic heterocycles. The van der Waals surface area contributed by atoms with Gasteiger partial charge in [-0.15, -0.1) is 0 Å². The molecule has 3 fully saturated rings. The van der Waals surface area contributed by atoms with Crippen LogP contribution in [-0.4, -0.2) is 66.7 Å². The number of nitrogens with zero attached hydrogens (tertiary/aromatic N) is 4. The van der Waals surface area contributed by atoms with E-state index < -0.39 is 20.0 Å². The second kappa shape index (κ2) is 13.8. The minimum absolute atomic E-state index is 0.0813. The fraction of sp³-hybridized carbons (Fsp3) is 0.537. The number of rotatable bonds is 8. The van der Waals surface area contributed by atoms with E-state index in [1.807, 2.05) is 28.6 Å². The third-order valence-electron chi connectivity index (χ3n) is 11.8. The first-order valence-electron chi connectivity index (χ1n) is 18.9. The van der Waals surface area contributed by atoms with E-state index >= 15 is 0 Å². The zero-order chi connectivity index (χ0) is 37.2. The SMILES string of the molecule is CC(C)(C)c1ccc(S(=O)(=O)N2C[C@@H]3CCCN4CCC[C@@H]([C@H]34)[C@H]2CCCc2nc3cc(Cl)ccc3n2S(=O)(=O)c2ccc(C(C)(C)C)cc2)cc1. The Labute approximate surface area is 315 Å².